The van der Waals surface area contributed by atoms with E-state index in [9.17, 15) is 4.79 Å². The SMILES string of the molecule is Cc1ccsc1C(C)(C)CNC/C=C/C(=O)O. The summed E-state index contributed by atoms with van der Waals surface area (Å²) in [6, 6.07) is 2.13. The lowest BCUT2D eigenvalue weighted by atomic mass is 9.89. The monoisotopic (exact) mass is 253 g/mol. The van der Waals surface area contributed by atoms with Gasteiger partial charge >= 0.3 is 5.97 Å². The van der Waals surface area contributed by atoms with Crippen LogP contribution >= 0.6 is 11.3 Å². The fraction of sp³-hybridized carbons (Fsp3) is 0.462. The summed E-state index contributed by atoms with van der Waals surface area (Å²) in [6.45, 7) is 7.93. The van der Waals surface area contributed by atoms with E-state index in [4.69, 9.17) is 5.11 Å². The van der Waals surface area contributed by atoms with Gasteiger partial charge in [0.25, 0.3) is 0 Å². The minimum atomic E-state index is -0.903. The van der Waals surface area contributed by atoms with Gasteiger partial charge in [-0.05, 0) is 23.9 Å². The minimum Gasteiger partial charge on any atom is -0.478 e. The smallest absolute Gasteiger partial charge is 0.328 e. The van der Waals surface area contributed by atoms with Crippen LogP contribution in [0.25, 0.3) is 0 Å². The van der Waals surface area contributed by atoms with Gasteiger partial charge in [-0.15, -0.1) is 11.3 Å². The molecule has 0 bridgehead atoms. The van der Waals surface area contributed by atoms with E-state index in [1.165, 1.54) is 10.4 Å². The molecule has 0 aliphatic rings. The van der Waals surface area contributed by atoms with Crippen molar-refractivity contribution < 1.29 is 9.90 Å². The third-order valence-electron chi connectivity index (χ3n) is 2.57. The molecule has 1 rings (SSSR count). The Balaban J connectivity index is 2.46. The molecule has 17 heavy (non-hydrogen) atoms. The van der Waals surface area contributed by atoms with Crippen LogP contribution in [0.3, 0.4) is 0 Å². The van der Waals surface area contributed by atoms with Crippen LogP contribution in [0.1, 0.15) is 24.3 Å². The van der Waals surface area contributed by atoms with Gasteiger partial charge < -0.3 is 10.4 Å². The van der Waals surface area contributed by atoms with E-state index in [0.29, 0.717) is 6.54 Å². The molecule has 1 aromatic heterocycles. The van der Waals surface area contributed by atoms with Crippen molar-refractivity contribution in [1.82, 2.24) is 5.32 Å². The summed E-state index contributed by atoms with van der Waals surface area (Å²) in [5.41, 5.74) is 1.40. The molecule has 0 aliphatic heterocycles. The summed E-state index contributed by atoms with van der Waals surface area (Å²) < 4.78 is 0. The summed E-state index contributed by atoms with van der Waals surface area (Å²) in [7, 11) is 0. The molecule has 0 atom stereocenters. The average molecular weight is 253 g/mol. The van der Waals surface area contributed by atoms with Gasteiger partial charge in [0.05, 0.1) is 0 Å². The van der Waals surface area contributed by atoms with Crippen molar-refractivity contribution in [3.63, 3.8) is 0 Å². The lowest BCUT2D eigenvalue weighted by Crippen LogP contribution is -2.32. The molecule has 2 N–H and O–H groups in total. The van der Waals surface area contributed by atoms with Gasteiger partial charge in [0.1, 0.15) is 0 Å². The first kappa shape index (κ1) is 13.9. The van der Waals surface area contributed by atoms with E-state index in [-0.39, 0.29) is 5.41 Å². The number of carboxylic acid groups (broad SMARTS) is 1. The number of aryl methyl sites for hydroxylation is 1. The minimum absolute atomic E-state index is 0.0787. The number of hydrogen-bond donors (Lipinski definition) is 2. The number of hydrogen-bond acceptors (Lipinski definition) is 3. The van der Waals surface area contributed by atoms with Crippen LogP contribution in [0.2, 0.25) is 0 Å². The molecule has 94 valence electrons. The fourth-order valence-electron chi connectivity index (χ4n) is 1.77. The normalized spacial score (nSPS) is 12.2. The van der Waals surface area contributed by atoms with Gasteiger partial charge in [-0.25, -0.2) is 4.79 Å². The van der Waals surface area contributed by atoms with Crippen molar-refractivity contribution in [3.8, 4) is 0 Å². The van der Waals surface area contributed by atoms with E-state index in [1.807, 2.05) is 0 Å². The molecule has 0 radical (unpaired) electrons. The second-order valence-electron chi connectivity index (χ2n) is 4.69. The molecule has 0 spiro atoms. The summed E-state index contributed by atoms with van der Waals surface area (Å²) in [4.78, 5) is 11.7. The Morgan fingerprint density at radius 1 is 1.59 bits per heavy atom. The van der Waals surface area contributed by atoms with Crippen LogP contribution in [0.4, 0.5) is 0 Å². The number of carboxylic acids is 1. The quantitative estimate of drug-likeness (QED) is 0.605. The van der Waals surface area contributed by atoms with E-state index in [1.54, 1.807) is 17.4 Å². The van der Waals surface area contributed by atoms with E-state index < -0.39 is 5.97 Å². The van der Waals surface area contributed by atoms with Crippen molar-refractivity contribution in [2.75, 3.05) is 13.1 Å². The highest BCUT2D eigenvalue weighted by Gasteiger charge is 2.22. The molecule has 0 aromatic carbocycles. The molecule has 1 heterocycles. The predicted molar refractivity (Wildman–Crippen MR) is 71.7 cm³/mol. The molecule has 0 aliphatic carbocycles. The highest BCUT2D eigenvalue weighted by molar-refractivity contribution is 7.10. The Hall–Kier alpha value is -1.13. The van der Waals surface area contributed by atoms with Gasteiger partial charge in [-0.2, -0.15) is 0 Å². The second-order valence-corrected chi connectivity index (χ2v) is 5.60. The topological polar surface area (TPSA) is 49.3 Å². The van der Waals surface area contributed by atoms with Crippen LogP contribution in [0.5, 0.6) is 0 Å². The highest BCUT2D eigenvalue weighted by Crippen LogP contribution is 2.30. The van der Waals surface area contributed by atoms with Crippen LogP contribution < -0.4 is 5.32 Å². The first-order valence-corrected chi connectivity index (χ1v) is 6.46. The van der Waals surface area contributed by atoms with Crippen molar-refractivity contribution in [3.05, 3.63) is 34.0 Å². The molecule has 0 amide bonds. The number of rotatable bonds is 6. The van der Waals surface area contributed by atoms with Crippen LogP contribution in [0, 0.1) is 6.92 Å². The maximum absolute atomic E-state index is 10.3. The zero-order valence-corrected chi connectivity index (χ0v) is 11.3. The van der Waals surface area contributed by atoms with Crippen LogP contribution in [-0.4, -0.2) is 24.2 Å². The Kier molecular flexibility index (Phi) is 4.90. The fourth-order valence-corrected chi connectivity index (χ4v) is 2.83. The zero-order valence-electron chi connectivity index (χ0n) is 10.5. The van der Waals surface area contributed by atoms with Gasteiger partial charge in [0, 0.05) is 29.5 Å². The Morgan fingerprint density at radius 2 is 2.29 bits per heavy atom. The van der Waals surface area contributed by atoms with Gasteiger partial charge in [0.15, 0.2) is 0 Å². The maximum Gasteiger partial charge on any atom is 0.328 e. The first-order chi connectivity index (χ1) is 7.93. The zero-order chi connectivity index (χ0) is 12.9. The van der Waals surface area contributed by atoms with Gasteiger partial charge in [0.2, 0.25) is 0 Å². The summed E-state index contributed by atoms with van der Waals surface area (Å²) in [5.74, 6) is -0.903. The molecular formula is C13H19NO2S. The molecular weight excluding hydrogens is 234 g/mol. The Labute approximate surface area is 106 Å². The number of thiophene rings is 1. The van der Waals surface area contributed by atoms with Crippen LogP contribution in [0.15, 0.2) is 23.6 Å². The Morgan fingerprint density at radius 3 is 2.82 bits per heavy atom. The first-order valence-electron chi connectivity index (χ1n) is 5.58. The third-order valence-corrected chi connectivity index (χ3v) is 3.95. The highest BCUT2D eigenvalue weighted by atomic mass is 32.1. The van der Waals surface area contributed by atoms with Gasteiger partial charge in [-0.1, -0.05) is 19.9 Å². The predicted octanol–water partition coefficient (Wildman–Crippen LogP) is 2.56. The second kappa shape index (κ2) is 5.98. The van der Waals surface area contributed by atoms with E-state index in [0.717, 1.165) is 12.6 Å². The van der Waals surface area contributed by atoms with E-state index >= 15 is 0 Å². The Bertz CT molecular complexity index is 407. The molecule has 0 saturated carbocycles. The molecule has 3 nitrogen and oxygen atoms in total. The van der Waals surface area contributed by atoms with Crippen molar-refractivity contribution >= 4 is 17.3 Å². The number of carbonyl (C=O) groups is 1. The van der Waals surface area contributed by atoms with E-state index in [2.05, 4.69) is 37.5 Å². The number of nitrogens with one attached hydrogen (secondary N) is 1. The van der Waals surface area contributed by atoms with Gasteiger partial charge in [-0.3, -0.25) is 0 Å². The summed E-state index contributed by atoms with van der Waals surface area (Å²) >= 11 is 1.77. The van der Waals surface area contributed by atoms with Crippen molar-refractivity contribution in [1.29, 1.82) is 0 Å². The molecule has 0 fully saturated rings. The lowest BCUT2D eigenvalue weighted by Gasteiger charge is -2.24. The molecule has 1 aromatic rings. The third kappa shape index (κ3) is 4.32. The van der Waals surface area contributed by atoms with Crippen molar-refractivity contribution in [2.45, 2.75) is 26.2 Å². The summed E-state index contributed by atoms with van der Waals surface area (Å²) in [6.07, 6.45) is 2.79. The largest absolute Gasteiger partial charge is 0.478 e. The summed E-state index contributed by atoms with van der Waals surface area (Å²) in [5, 5.41) is 13.8. The number of aliphatic carboxylic acids is 1. The lowest BCUT2D eigenvalue weighted by molar-refractivity contribution is -0.131. The maximum atomic E-state index is 10.3. The van der Waals surface area contributed by atoms with Crippen molar-refractivity contribution in [2.24, 2.45) is 0 Å². The standard InChI is InChI=1S/C13H19NO2S/c1-10-6-8-17-12(10)13(2,3)9-14-7-4-5-11(15)16/h4-6,8,14H,7,9H2,1-3H3,(H,15,16)/b5-4+. The van der Waals surface area contributed by atoms with Crippen LogP contribution in [-0.2, 0) is 10.2 Å². The molecule has 0 saturated heterocycles. The average Bonchev–Trinajstić information content (AvgIpc) is 2.64. The molecule has 0 unspecified atom stereocenters. The molecule has 4 heteroatoms.